The topological polar surface area (TPSA) is 0 Å². The van der Waals surface area contributed by atoms with Crippen LogP contribution in [0, 0.1) is 0 Å². The molecular weight excluding hydrogens is 192 g/mol. The Bertz CT molecular complexity index is 657. The number of hydrogen-bond donors (Lipinski definition) is 0. The van der Waals surface area contributed by atoms with Crippen LogP contribution < -0.4 is 0 Å². The van der Waals surface area contributed by atoms with E-state index in [9.17, 15) is 0 Å². The Labute approximate surface area is 94.9 Å². The van der Waals surface area contributed by atoms with E-state index in [0.717, 1.165) is 0 Å². The van der Waals surface area contributed by atoms with Crippen LogP contribution in [0.1, 0.15) is 23.1 Å². The van der Waals surface area contributed by atoms with E-state index in [-0.39, 0.29) is 0 Å². The lowest BCUT2D eigenvalue weighted by Gasteiger charge is -2.16. The fourth-order valence-corrected chi connectivity index (χ4v) is 2.96. The Hall–Kier alpha value is -1.82. The second-order valence-corrected chi connectivity index (χ2v) is 4.58. The van der Waals surface area contributed by atoms with E-state index in [1.807, 2.05) is 0 Å². The summed E-state index contributed by atoms with van der Waals surface area (Å²) in [6, 6.07) is 11.1. The maximum Gasteiger partial charge on any atom is -0.00760 e. The first kappa shape index (κ1) is 8.35. The molecule has 2 aliphatic carbocycles. The van der Waals surface area contributed by atoms with Gasteiger partial charge in [0.1, 0.15) is 0 Å². The van der Waals surface area contributed by atoms with E-state index in [0.29, 0.717) is 0 Å². The van der Waals surface area contributed by atoms with E-state index in [1.54, 1.807) is 0 Å². The summed E-state index contributed by atoms with van der Waals surface area (Å²) in [6.45, 7) is 0. The van der Waals surface area contributed by atoms with Crippen molar-refractivity contribution < 1.29 is 0 Å². The van der Waals surface area contributed by atoms with Crippen LogP contribution in [0.15, 0.2) is 42.5 Å². The normalized spacial score (nSPS) is 16.4. The zero-order valence-corrected chi connectivity index (χ0v) is 9.03. The monoisotopic (exact) mass is 204 g/mol. The maximum absolute atomic E-state index is 2.37. The molecular formula is C16H12. The van der Waals surface area contributed by atoms with E-state index in [2.05, 4.69) is 48.6 Å². The summed E-state index contributed by atoms with van der Waals surface area (Å²) in [5, 5.41) is 2.77. The van der Waals surface area contributed by atoms with Gasteiger partial charge in [-0.2, -0.15) is 0 Å². The zero-order chi connectivity index (χ0) is 10.5. The summed E-state index contributed by atoms with van der Waals surface area (Å²) in [6.07, 6.45) is 9.28. The van der Waals surface area contributed by atoms with Gasteiger partial charge in [0, 0.05) is 0 Å². The van der Waals surface area contributed by atoms with Crippen molar-refractivity contribution in [2.24, 2.45) is 0 Å². The van der Waals surface area contributed by atoms with Crippen LogP contribution in [-0.4, -0.2) is 0 Å². The molecule has 2 aromatic carbocycles. The van der Waals surface area contributed by atoms with Gasteiger partial charge in [-0.15, -0.1) is 0 Å². The first-order valence-electron chi connectivity index (χ1n) is 5.87. The van der Waals surface area contributed by atoms with Crippen molar-refractivity contribution in [1.29, 1.82) is 0 Å². The van der Waals surface area contributed by atoms with Gasteiger partial charge in [0.15, 0.2) is 0 Å². The predicted molar refractivity (Wildman–Crippen MR) is 69.3 cm³/mol. The molecule has 2 aliphatic rings. The first-order valence-corrected chi connectivity index (χ1v) is 5.87. The molecule has 0 amide bonds. The molecule has 0 aromatic heterocycles. The highest BCUT2D eigenvalue weighted by Crippen LogP contribution is 2.40. The average Bonchev–Trinajstić information content (AvgIpc) is 2.76. The smallest absolute Gasteiger partial charge is 0.00760 e. The Balaban J connectivity index is 2.23. The highest BCUT2D eigenvalue weighted by Gasteiger charge is 2.20. The Morgan fingerprint density at radius 3 is 2.94 bits per heavy atom. The third kappa shape index (κ3) is 0.943. The fourth-order valence-electron chi connectivity index (χ4n) is 2.96. The van der Waals surface area contributed by atoms with E-state index < -0.39 is 0 Å². The molecule has 0 heterocycles. The van der Waals surface area contributed by atoms with Gasteiger partial charge in [0.25, 0.3) is 0 Å². The summed E-state index contributed by atoms with van der Waals surface area (Å²) >= 11 is 0. The molecule has 0 N–H and O–H groups in total. The maximum atomic E-state index is 2.37. The molecule has 0 saturated carbocycles. The molecule has 0 radical (unpaired) electrons. The number of hydrogen-bond acceptors (Lipinski definition) is 0. The molecule has 4 rings (SSSR count). The molecule has 0 bridgehead atoms. The van der Waals surface area contributed by atoms with Crippen molar-refractivity contribution in [3.63, 3.8) is 0 Å². The van der Waals surface area contributed by atoms with E-state index in [1.165, 1.54) is 45.9 Å². The summed E-state index contributed by atoms with van der Waals surface area (Å²) in [7, 11) is 0. The molecule has 0 spiro atoms. The minimum atomic E-state index is 1.18. The molecule has 16 heavy (non-hydrogen) atoms. The van der Waals surface area contributed by atoms with Crippen molar-refractivity contribution in [1.82, 2.24) is 0 Å². The summed E-state index contributed by atoms with van der Waals surface area (Å²) in [5.74, 6) is 0. The molecule has 0 saturated heterocycles. The van der Waals surface area contributed by atoms with Gasteiger partial charge in [-0.25, -0.2) is 0 Å². The van der Waals surface area contributed by atoms with Crippen molar-refractivity contribution in [3.8, 4) is 0 Å². The molecule has 0 nitrogen and oxygen atoms in total. The SMILES string of the molecule is C1=Cc2c3c(cc4ccccc24)CCC=C13. The largest absolute Gasteiger partial charge is 0.0763 e. The first-order chi connectivity index (χ1) is 7.93. The minimum Gasteiger partial charge on any atom is -0.0763 e. The molecule has 0 fully saturated rings. The second-order valence-electron chi connectivity index (χ2n) is 4.58. The highest BCUT2D eigenvalue weighted by atomic mass is 14.2. The molecule has 0 heteroatoms. The van der Waals surface area contributed by atoms with Gasteiger partial charge < -0.3 is 0 Å². The summed E-state index contributed by atoms with van der Waals surface area (Å²) < 4.78 is 0. The molecule has 2 aromatic rings. The van der Waals surface area contributed by atoms with Gasteiger partial charge in [-0.1, -0.05) is 48.6 Å². The van der Waals surface area contributed by atoms with Crippen LogP contribution in [0.4, 0.5) is 0 Å². The summed E-state index contributed by atoms with van der Waals surface area (Å²) in [4.78, 5) is 0. The van der Waals surface area contributed by atoms with Crippen LogP contribution in [0.25, 0.3) is 22.4 Å². The number of benzene rings is 2. The summed E-state index contributed by atoms with van der Waals surface area (Å²) in [5.41, 5.74) is 5.88. The van der Waals surface area contributed by atoms with E-state index in [4.69, 9.17) is 0 Å². The Kier molecular flexibility index (Phi) is 1.49. The lowest BCUT2D eigenvalue weighted by Crippen LogP contribution is -1.98. The van der Waals surface area contributed by atoms with Crippen molar-refractivity contribution in [2.75, 3.05) is 0 Å². The van der Waals surface area contributed by atoms with Gasteiger partial charge in [-0.3, -0.25) is 0 Å². The standard InChI is InChI=1S/C16H12/c1-2-7-14-12(4-1)10-13-6-3-5-11-8-9-15(14)16(11)13/h1-2,4-5,7-10H,3,6H2. The third-order valence-electron chi connectivity index (χ3n) is 3.67. The van der Waals surface area contributed by atoms with Crippen molar-refractivity contribution in [3.05, 3.63) is 59.2 Å². The van der Waals surface area contributed by atoms with Crippen LogP contribution >= 0.6 is 0 Å². The average molecular weight is 204 g/mol. The number of rotatable bonds is 0. The molecule has 0 unspecified atom stereocenters. The quantitative estimate of drug-likeness (QED) is 0.603. The van der Waals surface area contributed by atoms with Crippen LogP contribution in [0.5, 0.6) is 0 Å². The predicted octanol–water partition coefficient (Wildman–Crippen LogP) is 4.20. The number of fused-ring (bicyclic) bond motifs is 2. The zero-order valence-electron chi connectivity index (χ0n) is 9.03. The number of aryl methyl sites for hydroxylation is 1. The fraction of sp³-hybridized carbons (Fsp3) is 0.125. The van der Waals surface area contributed by atoms with Gasteiger partial charge in [-0.05, 0) is 45.9 Å². The second kappa shape index (κ2) is 2.85. The van der Waals surface area contributed by atoms with Crippen LogP contribution in [0.3, 0.4) is 0 Å². The van der Waals surface area contributed by atoms with Crippen molar-refractivity contribution in [2.45, 2.75) is 12.8 Å². The molecule has 0 aliphatic heterocycles. The Morgan fingerprint density at radius 1 is 1.00 bits per heavy atom. The van der Waals surface area contributed by atoms with Crippen LogP contribution in [0.2, 0.25) is 0 Å². The third-order valence-corrected chi connectivity index (χ3v) is 3.67. The minimum absolute atomic E-state index is 1.18. The molecule has 0 atom stereocenters. The molecule has 76 valence electrons. The van der Waals surface area contributed by atoms with Gasteiger partial charge in [0.05, 0.1) is 0 Å². The van der Waals surface area contributed by atoms with Crippen LogP contribution in [-0.2, 0) is 6.42 Å². The lowest BCUT2D eigenvalue weighted by atomic mass is 9.88. The highest BCUT2D eigenvalue weighted by molar-refractivity contribution is 6.03. The van der Waals surface area contributed by atoms with E-state index >= 15 is 0 Å². The lowest BCUT2D eigenvalue weighted by molar-refractivity contribution is 0.984. The van der Waals surface area contributed by atoms with Crippen molar-refractivity contribution >= 4 is 22.4 Å². The van der Waals surface area contributed by atoms with Gasteiger partial charge in [0.2, 0.25) is 0 Å². The Morgan fingerprint density at radius 2 is 1.94 bits per heavy atom. The van der Waals surface area contributed by atoms with Gasteiger partial charge >= 0.3 is 0 Å². The number of allylic oxidation sites excluding steroid dienone is 3.